The van der Waals surface area contributed by atoms with Crippen LogP contribution in [0.4, 0.5) is 0 Å². The molecule has 2 aliphatic heterocycles. The van der Waals surface area contributed by atoms with Crippen LogP contribution in [0.25, 0.3) is 0 Å². The van der Waals surface area contributed by atoms with Crippen molar-refractivity contribution in [3.63, 3.8) is 0 Å². The maximum atomic E-state index is 11.7. The Kier molecular flexibility index (Phi) is 4.56. The molecule has 0 aliphatic carbocycles. The average molecular weight is 327 g/mol. The summed E-state index contributed by atoms with van der Waals surface area (Å²) in [4.78, 5) is 0. The molecular formula is C15H25N3O3S. The normalized spacial score (nSPS) is 27.5. The number of ether oxygens (including phenoxy) is 1. The molecule has 0 amide bonds. The number of aromatic nitrogens is 2. The van der Waals surface area contributed by atoms with Crippen molar-refractivity contribution in [2.45, 2.75) is 51.8 Å². The molecule has 0 bridgehead atoms. The molecule has 22 heavy (non-hydrogen) atoms. The van der Waals surface area contributed by atoms with Crippen LogP contribution in [0.2, 0.25) is 0 Å². The zero-order chi connectivity index (χ0) is 15.7. The highest BCUT2D eigenvalue weighted by Crippen LogP contribution is 2.26. The van der Waals surface area contributed by atoms with Gasteiger partial charge in [-0.1, -0.05) is 0 Å². The average Bonchev–Trinajstić information content (AvgIpc) is 3.14. The lowest BCUT2D eigenvalue weighted by atomic mass is 10.1. The van der Waals surface area contributed by atoms with Crippen LogP contribution >= 0.6 is 0 Å². The van der Waals surface area contributed by atoms with Gasteiger partial charge in [0.1, 0.15) is 0 Å². The predicted molar refractivity (Wildman–Crippen MR) is 84.7 cm³/mol. The monoisotopic (exact) mass is 327 g/mol. The molecule has 3 rings (SSSR count). The topological polar surface area (TPSA) is 73.2 Å². The first-order valence-corrected chi connectivity index (χ1v) is 9.86. The maximum absolute atomic E-state index is 11.7. The van der Waals surface area contributed by atoms with Crippen molar-refractivity contribution in [1.29, 1.82) is 0 Å². The SMILES string of the molecule is Cc1nn(C2CCS(=O)(=O)C2)c(C)c1CNCC1CCCO1. The van der Waals surface area contributed by atoms with E-state index in [1.165, 1.54) is 5.56 Å². The smallest absolute Gasteiger partial charge is 0.152 e. The molecule has 2 atom stereocenters. The fraction of sp³-hybridized carbons (Fsp3) is 0.800. The van der Waals surface area contributed by atoms with Gasteiger partial charge in [-0.3, -0.25) is 4.68 Å². The minimum Gasteiger partial charge on any atom is -0.377 e. The summed E-state index contributed by atoms with van der Waals surface area (Å²) in [6, 6.07) is -0.00406. The minimum absolute atomic E-state index is 0.00406. The van der Waals surface area contributed by atoms with Gasteiger partial charge in [-0.15, -0.1) is 0 Å². The summed E-state index contributed by atoms with van der Waals surface area (Å²) in [6.45, 7) is 6.53. The Bertz CT molecular complexity index is 633. The lowest BCUT2D eigenvalue weighted by Crippen LogP contribution is -2.26. The van der Waals surface area contributed by atoms with E-state index in [0.29, 0.717) is 12.5 Å². The maximum Gasteiger partial charge on any atom is 0.152 e. The van der Waals surface area contributed by atoms with E-state index >= 15 is 0 Å². The quantitative estimate of drug-likeness (QED) is 0.877. The van der Waals surface area contributed by atoms with Crippen LogP contribution in [0.15, 0.2) is 0 Å². The molecule has 1 aromatic rings. The van der Waals surface area contributed by atoms with Crippen LogP contribution in [0, 0.1) is 13.8 Å². The summed E-state index contributed by atoms with van der Waals surface area (Å²) in [5.74, 6) is 0.500. The first-order valence-electron chi connectivity index (χ1n) is 8.03. The molecule has 0 spiro atoms. The van der Waals surface area contributed by atoms with Crippen LogP contribution in [-0.2, 0) is 21.1 Å². The molecule has 7 heteroatoms. The van der Waals surface area contributed by atoms with E-state index in [9.17, 15) is 8.42 Å². The Labute approximate surface area is 132 Å². The number of hydrogen-bond donors (Lipinski definition) is 1. The summed E-state index contributed by atoms with van der Waals surface area (Å²) in [5, 5.41) is 8.04. The standard InChI is InChI=1S/C15H25N3O3S/c1-11-15(9-16-8-14-4-3-6-21-14)12(2)18(17-11)13-5-7-22(19,20)10-13/h13-14,16H,3-10H2,1-2H3. The summed E-state index contributed by atoms with van der Waals surface area (Å²) in [7, 11) is -2.88. The second-order valence-corrected chi connectivity index (χ2v) is 8.65. The van der Waals surface area contributed by atoms with E-state index in [0.717, 1.165) is 43.9 Å². The largest absolute Gasteiger partial charge is 0.377 e. The zero-order valence-electron chi connectivity index (χ0n) is 13.3. The van der Waals surface area contributed by atoms with E-state index in [1.807, 2.05) is 18.5 Å². The minimum atomic E-state index is -2.88. The summed E-state index contributed by atoms with van der Waals surface area (Å²) in [5.41, 5.74) is 3.25. The third-order valence-electron chi connectivity index (χ3n) is 4.73. The summed E-state index contributed by atoms with van der Waals surface area (Å²) in [6.07, 6.45) is 3.28. The number of hydrogen-bond acceptors (Lipinski definition) is 5. The molecule has 2 saturated heterocycles. The van der Waals surface area contributed by atoms with Gasteiger partial charge < -0.3 is 10.1 Å². The molecule has 2 unspecified atom stereocenters. The van der Waals surface area contributed by atoms with Crippen molar-refractivity contribution in [1.82, 2.24) is 15.1 Å². The Morgan fingerprint density at radius 1 is 1.36 bits per heavy atom. The van der Waals surface area contributed by atoms with E-state index in [4.69, 9.17) is 4.74 Å². The third kappa shape index (κ3) is 3.36. The predicted octanol–water partition coefficient (Wildman–Crippen LogP) is 1.13. The van der Waals surface area contributed by atoms with Crippen molar-refractivity contribution >= 4 is 9.84 Å². The second kappa shape index (κ2) is 6.29. The van der Waals surface area contributed by atoms with Crippen LogP contribution in [0.3, 0.4) is 0 Å². The van der Waals surface area contributed by atoms with Crippen LogP contribution in [-0.4, -0.2) is 49.0 Å². The molecule has 0 radical (unpaired) electrons. The fourth-order valence-corrected chi connectivity index (χ4v) is 5.13. The lowest BCUT2D eigenvalue weighted by molar-refractivity contribution is 0.110. The van der Waals surface area contributed by atoms with Gasteiger partial charge in [0, 0.05) is 31.0 Å². The van der Waals surface area contributed by atoms with Gasteiger partial charge >= 0.3 is 0 Å². The van der Waals surface area contributed by atoms with Crippen LogP contribution < -0.4 is 5.32 Å². The molecule has 3 heterocycles. The van der Waals surface area contributed by atoms with E-state index in [-0.39, 0.29) is 17.5 Å². The number of nitrogens with zero attached hydrogens (tertiary/aromatic N) is 2. The van der Waals surface area contributed by atoms with Gasteiger partial charge in [0.05, 0.1) is 29.3 Å². The van der Waals surface area contributed by atoms with Crippen molar-refractivity contribution in [3.8, 4) is 0 Å². The summed E-state index contributed by atoms with van der Waals surface area (Å²) < 4.78 is 30.9. The molecule has 0 aromatic carbocycles. The highest BCUT2D eigenvalue weighted by atomic mass is 32.2. The fourth-order valence-electron chi connectivity index (χ4n) is 3.44. The van der Waals surface area contributed by atoms with Crippen molar-refractivity contribution < 1.29 is 13.2 Å². The van der Waals surface area contributed by atoms with Gasteiger partial charge in [0.2, 0.25) is 0 Å². The number of nitrogens with one attached hydrogen (secondary N) is 1. The Hall–Kier alpha value is -0.920. The molecular weight excluding hydrogens is 302 g/mol. The highest BCUT2D eigenvalue weighted by molar-refractivity contribution is 7.91. The summed E-state index contributed by atoms with van der Waals surface area (Å²) >= 11 is 0. The van der Waals surface area contributed by atoms with E-state index in [2.05, 4.69) is 10.4 Å². The van der Waals surface area contributed by atoms with Gasteiger partial charge in [-0.05, 0) is 33.1 Å². The molecule has 1 N–H and O–H groups in total. The number of rotatable bonds is 5. The van der Waals surface area contributed by atoms with Crippen LogP contribution in [0.5, 0.6) is 0 Å². The Balaban J connectivity index is 1.65. The van der Waals surface area contributed by atoms with Crippen molar-refractivity contribution in [2.24, 2.45) is 0 Å². The van der Waals surface area contributed by atoms with E-state index < -0.39 is 9.84 Å². The number of aryl methyl sites for hydroxylation is 1. The first kappa shape index (κ1) is 16.0. The van der Waals surface area contributed by atoms with Gasteiger partial charge in [0.15, 0.2) is 9.84 Å². The van der Waals surface area contributed by atoms with Crippen molar-refractivity contribution in [3.05, 3.63) is 17.0 Å². The molecule has 2 aliphatic rings. The molecule has 2 fully saturated rings. The Morgan fingerprint density at radius 2 is 2.18 bits per heavy atom. The number of sulfone groups is 1. The van der Waals surface area contributed by atoms with E-state index in [1.54, 1.807) is 0 Å². The zero-order valence-corrected chi connectivity index (χ0v) is 14.2. The van der Waals surface area contributed by atoms with Crippen LogP contribution in [0.1, 0.15) is 42.3 Å². The highest BCUT2D eigenvalue weighted by Gasteiger charge is 2.31. The van der Waals surface area contributed by atoms with Gasteiger partial charge in [-0.25, -0.2) is 8.42 Å². The van der Waals surface area contributed by atoms with Crippen molar-refractivity contribution in [2.75, 3.05) is 24.7 Å². The van der Waals surface area contributed by atoms with Gasteiger partial charge in [-0.2, -0.15) is 5.10 Å². The lowest BCUT2D eigenvalue weighted by Gasteiger charge is -2.13. The molecule has 124 valence electrons. The first-order chi connectivity index (χ1) is 10.5. The Morgan fingerprint density at radius 3 is 2.82 bits per heavy atom. The molecule has 6 nitrogen and oxygen atoms in total. The molecule has 1 aromatic heterocycles. The molecule has 0 saturated carbocycles. The second-order valence-electron chi connectivity index (χ2n) is 6.42. The van der Waals surface area contributed by atoms with Gasteiger partial charge in [0.25, 0.3) is 0 Å². The third-order valence-corrected chi connectivity index (χ3v) is 6.48.